The van der Waals surface area contributed by atoms with Crippen molar-refractivity contribution in [2.75, 3.05) is 6.54 Å². The van der Waals surface area contributed by atoms with Crippen molar-refractivity contribution < 1.29 is 14.0 Å². The van der Waals surface area contributed by atoms with Crippen LogP contribution in [0.25, 0.3) is 0 Å². The van der Waals surface area contributed by atoms with Gasteiger partial charge in [-0.15, -0.1) is 0 Å². The van der Waals surface area contributed by atoms with E-state index in [1.54, 1.807) is 6.07 Å². The van der Waals surface area contributed by atoms with Gasteiger partial charge in [-0.05, 0) is 24.6 Å². The molecule has 2 aromatic rings. The Morgan fingerprint density at radius 3 is 2.52 bits per heavy atom. The Morgan fingerprint density at radius 1 is 1.10 bits per heavy atom. The van der Waals surface area contributed by atoms with Crippen molar-refractivity contribution in [1.29, 1.82) is 0 Å². The maximum Gasteiger partial charge on any atom is 0.305 e. The Bertz CT molecular complexity index is 581. The van der Waals surface area contributed by atoms with Crippen molar-refractivity contribution in [3.05, 3.63) is 60.1 Å². The molecule has 1 atom stereocenters. The van der Waals surface area contributed by atoms with Crippen molar-refractivity contribution in [3.8, 4) is 0 Å². The molecule has 0 aliphatic rings. The van der Waals surface area contributed by atoms with E-state index in [1.807, 2.05) is 37.3 Å². The largest absolute Gasteiger partial charge is 0.459 e. The van der Waals surface area contributed by atoms with Gasteiger partial charge in [-0.3, -0.25) is 20.4 Å². The van der Waals surface area contributed by atoms with E-state index in [9.17, 15) is 9.59 Å². The van der Waals surface area contributed by atoms with Crippen LogP contribution in [0.2, 0.25) is 0 Å². The molecule has 0 saturated heterocycles. The van der Waals surface area contributed by atoms with Gasteiger partial charge in [-0.25, -0.2) is 0 Å². The van der Waals surface area contributed by atoms with E-state index in [0.717, 1.165) is 5.56 Å². The van der Waals surface area contributed by atoms with Gasteiger partial charge in [-0.1, -0.05) is 30.3 Å². The van der Waals surface area contributed by atoms with E-state index in [2.05, 4.69) is 16.2 Å². The van der Waals surface area contributed by atoms with Crippen molar-refractivity contribution in [2.24, 2.45) is 0 Å². The molecule has 2 amide bonds. The number of benzene rings is 1. The van der Waals surface area contributed by atoms with Gasteiger partial charge in [-0.2, -0.15) is 0 Å². The second-order valence-electron chi connectivity index (χ2n) is 4.49. The molecule has 3 N–H and O–H groups in total. The number of nitrogens with one attached hydrogen (secondary N) is 3. The first-order valence-corrected chi connectivity index (χ1v) is 6.58. The molecule has 0 aliphatic heterocycles. The molecule has 6 heteroatoms. The summed E-state index contributed by atoms with van der Waals surface area (Å²) >= 11 is 0. The molecule has 0 unspecified atom stereocenters. The SMILES string of the molecule is C[C@@H](NCC(=O)NNC(=O)c1ccco1)c1ccccc1. The number of hydrogen-bond acceptors (Lipinski definition) is 4. The number of hydrogen-bond donors (Lipinski definition) is 3. The third-order valence-electron chi connectivity index (χ3n) is 2.93. The molecule has 1 aromatic carbocycles. The minimum atomic E-state index is -0.496. The number of carbonyl (C=O) groups excluding carboxylic acids is 2. The lowest BCUT2D eigenvalue weighted by molar-refractivity contribution is -0.121. The highest BCUT2D eigenvalue weighted by Gasteiger charge is 2.10. The smallest absolute Gasteiger partial charge is 0.305 e. The fourth-order valence-electron chi connectivity index (χ4n) is 1.75. The van der Waals surface area contributed by atoms with Gasteiger partial charge in [0.25, 0.3) is 5.91 Å². The minimum absolute atomic E-state index is 0.0396. The fourth-order valence-corrected chi connectivity index (χ4v) is 1.75. The van der Waals surface area contributed by atoms with Gasteiger partial charge in [0.2, 0.25) is 0 Å². The lowest BCUT2D eigenvalue weighted by Gasteiger charge is -2.14. The summed E-state index contributed by atoms with van der Waals surface area (Å²) in [6.07, 6.45) is 1.39. The Balaban J connectivity index is 1.71. The van der Waals surface area contributed by atoms with Crippen LogP contribution in [-0.2, 0) is 4.79 Å². The topological polar surface area (TPSA) is 83.4 Å². The van der Waals surface area contributed by atoms with Crippen LogP contribution in [0.15, 0.2) is 53.1 Å². The van der Waals surface area contributed by atoms with Crippen LogP contribution in [0.5, 0.6) is 0 Å². The monoisotopic (exact) mass is 287 g/mol. The summed E-state index contributed by atoms with van der Waals surface area (Å²) in [6, 6.07) is 12.9. The van der Waals surface area contributed by atoms with Crippen LogP contribution >= 0.6 is 0 Å². The number of furan rings is 1. The van der Waals surface area contributed by atoms with Crippen LogP contribution < -0.4 is 16.2 Å². The first-order chi connectivity index (χ1) is 10.2. The summed E-state index contributed by atoms with van der Waals surface area (Å²) < 4.78 is 4.90. The molecule has 1 aromatic heterocycles. The second kappa shape index (κ2) is 7.25. The fraction of sp³-hybridized carbons (Fsp3) is 0.200. The molecule has 0 saturated carbocycles. The van der Waals surface area contributed by atoms with Crippen molar-refractivity contribution in [1.82, 2.24) is 16.2 Å². The summed E-state index contributed by atoms with van der Waals surface area (Å²) in [5, 5.41) is 3.07. The van der Waals surface area contributed by atoms with Crippen molar-refractivity contribution in [2.45, 2.75) is 13.0 Å². The summed E-state index contributed by atoms with van der Waals surface area (Å²) in [7, 11) is 0. The Hall–Kier alpha value is -2.60. The summed E-state index contributed by atoms with van der Waals surface area (Å²) in [4.78, 5) is 23.2. The van der Waals surface area contributed by atoms with Crippen LogP contribution in [0.1, 0.15) is 29.1 Å². The van der Waals surface area contributed by atoms with E-state index in [4.69, 9.17) is 4.42 Å². The van der Waals surface area contributed by atoms with E-state index in [-0.39, 0.29) is 24.3 Å². The average molecular weight is 287 g/mol. The van der Waals surface area contributed by atoms with E-state index < -0.39 is 5.91 Å². The Labute approximate surface area is 122 Å². The summed E-state index contributed by atoms with van der Waals surface area (Å²) in [5.74, 6) is -0.692. The van der Waals surface area contributed by atoms with Crippen molar-refractivity contribution >= 4 is 11.8 Å². The first-order valence-electron chi connectivity index (χ1n) is 6.58. The molecular weight excluding hydrogens is 270 g/mol. The summed E-state index contributed by atoms with van der Waals surface area (Å²) in [5.41, 5.74) is 5.68. The lowest BCUT2D eigenvalue weighted by Crippen LogP contribution is -2.45. The van der Waals surface area contributed by atoms with Gasteiger partial charge in [0.05, 0.1) is 12.8 Å². The standard InChI is InChI=1S/C15H17N3O3/c1-11(12-6-3-2-4-7-12)16-10-14(19)17-18-15(20)13-8-5-9-21-13/h2-9,11,16H,10H2,1H3,(H,17,19)(H,18,20)/t11-/m1/s1. The van der Waals surface area contributed by atoms with E-state index in [0.29, 0.717) is 0 Å². The molecular formula is C15H17N3O3. The minimum Gasteiger partial charge on any atom is -0.459 e. The molecule has 0 spiro atoms. The average Bonchev–Trinajstić information content (AvgIpc) is 3.05. The van der Waals surface area contributed by atoms with Gasteiger partial charge < -0.3 is 9.73 Å². The molecule has 0 bridgehead atoms. The molecule has 6 nitrogen and oxygen atoms in total. The van der Waals surface area contributed by atoms with E-state index >= 15 is 0 Å². The highest BCUT2D eigenvalue weighted by Crippen LogP contribution is 2.10. The Morgan fingerprint density at radius 2 is 1.86 bits per heavy atom. The third kappa shape index (κ3) is 4.47. The number of amides is 2. The zero-order valence-electron chi connectivity index (χ0n) is 11.6. The molecule has 0 aliphatic carbocycles. The number of carbonyl (C=O) groups is 2. The predicted molar refractivity (Wildman–Crippen MR) is 77.2 cm³/mol. The zero-order valence-corrected chi connectivity index (χ0v) is 11.6. The third-order valence-corrected chi connectivity index (χ3v) is 2.93. The van der Waals surface area contributed by atoms with Gasteiger partial charge in [0.1, 0.15) is 0 Å². The van der Waals surface area contributed by atoms with Crippen LogP contribution in [-0.4, -0.2) is 18.4 Å². The molecule has 2 rings (SSSR count). The quantitative estimate of drug-likeness (QED) is 0.726. The highest BCUT2D eigenvalue weighted by atomic mass is 16.3. The maximum atomic E-state index is 11.6. The zero-order chi connectivity index (χ0) is 15.1. The number of rotatable bonds is 5. The first kappa shape index (κ1) is 14.8. The summed E-state index contributed by atoms with van der Waals surface area (Å²) in [6.45, 7) is 2.05. The van der Waals surface area contributed by atoms with Gasteiger partial charge in [0, 0.05) is 6.04 Å². The lowest BCUT2D eigenvalue weighted by atomic mass is 10.1. The highest BCUT2D eigenvalue weighted by molar-refractivity contribution is 5.93. The van der Waals surface area contributed by atoms with Gasteiger partial charge >= 0.3 is 5.91 Å². The number of hydrazine groups is 1. The molecule has 21 heavy (non-hydrogen) atoms. The molecule has 110 valence electrons. The van der Waals surface area contributed by atoms with Crippen LogP contribution in [0, 0.1) is 0 Å². The normalized spacial score (nSPS) is 11.7. The molecule has 1 heterocycles. The molecule has 0 radical (unpaired) electrons. The van der Waals surface area contributed by atoms with Crippen LogP contribution in [0.3, 0.4) is 0 Å². The van der Waals surface area contributed by atoms with E-state index in [1.165, 1.54) is 12.3 Å². The van der Waals surface area contributed by atoms with Gasteiger partial charge in [0.15, 0.2) is 5.76 Å². The van der Waals surface area contributed by atoms with Crippen molar-refractivity contribution in [3.63, 3.8) is 0 Å². The van der Waals surface area contributed by atoms with Crippen LogP contribution in [0.4, 0.5) is 0 Å². The maximum absolute atomic E-state index is 11.6. The Kier molecular flexibility index (Phi) is 5.11. The second-order valence-corrected chi connectivity index (χ2v) is 4.49. The molecule has 0 fully saturated rings. The predicted octanol–water partition coefficient (Wildman–Crippen LogP) is 1.39.